The first-order chi connectivity index (χ1) is 12.8. The van der Waals surface area contributed by atoms with Gasteiger partial charge in [-0.25, -0.2) is 4.79 Å². The van der Waals surface area contributed by atoms with E-state index in [1.807, 2.05) is 30.3 Å². The summed E-state index contributed by atoms with van der Waals surface area (Å²) in [5, 5.41) is 0. The van der Waals surface area contributed by atoms with Crippen molar-refractivity contribution in [2.45, 2.75) is 13.0 Å². The molecule has 0 fully saturated rings. The van der Waals surface area contributed by atoms with E-state index in [9.17, 15) is 13.2 Å². The Labute approximate surface area is 159 Å². The van der Waals surface area contributed by atoms with Crippen LogP contribution in [0.5, 0.6) is 5.75 Å². The molecular formula is C20H22O6S. The highest BCUT2D eigenvalue weighted by Crippen LogP contribution is 2.26. The lowest BCUT2D eigenvalue weighted by atomic mass is 10.0. The number of rotatable bonds is 8. The number of hydrogen-bond acceptors (Lipinski definition) is 6. The summed E-state index contributed by atoms with van der Waals surface area (Å²) in [6, 6.07) is 14.3. The maximum atomic E-state index is 12.3. The third-order valence-electron chi connectivity index (χ3n) is 3.62. The molecule has 0 aliphatic rings. The first kappa shape index (κ1) is 20.7. The van der Waals surface area contributed by atoms with Gasteiger partial charge in [-0.1, -0.05) is 48.6 Å². The standard InChI is InChI=1S/C20H22O6S/c1-4-25-20(21)19(26-27(3,22)23)18-8-6-5-7-16(18)12-9-15-10-13-17(24-2)14-11-15/h5-14,19H,4H2,1-3H3/b12-9-. The van der Waals surface area contributed by atoms with Crippen molar-refractivity contribution in [3.63, 3.8) is 0 Å². The smallest absolute Gasteiger partial charge is 0.341 e. The normalized spacial score (nSPS) is 12.7. The van der Waals surface area contributed by atoms with Crippen molar-refractivity contribution >= 4 is 28.2 Å². The largest absolute Gasteiger partial charge is 0.497 e. The van der Waals surface area contributed by atoms with Crippen LogP contribution < -0.4 is 4.74 Å². The summed E-state index contributed by atoms with van der Waals surface area (Å²) in [4.78, 5) is 12.3. The molecule has 2 aromatic carbocycles. The van der Waals surface area contributed by atoms with Crippen LogP contribution in [-0.4, -0.2) is 34.4 Å². The first-order valence-electron chi connectivity index (χ1n) is 8.30. The number of ether oxygens (including phenoxy) is 2. The molecule has 2 aromatic rings. The number of esters is 1. The molecule has 144 valence electrons. The summed E-state index contributed by atoms with van der Waals surface area (Å²) < 4.78 is 38.3. The van der Waals surface area contributed by atoms with Crippen LogP contribution in [0.2, 0.25) is 0 Å². The Morgan fingerprint density at radius 3 is 2.33 bits per heavy atom. The van der Waals surface area contributed by atoms with E-state index in [-0.39, 0.29) is 6.61 Å². The van der Waals surface area contributed by atoms with Crippen molar-refractivity contribution in [3.8, 4) is 5.75 Å². The molecule has 1 atom stereocenters. The first-order valence-corrected chi connectivity index (χ1v) is 10.1. The van der Waals surface area contributed by atoms with Crippen LogP contribution in [0.4, 0.5) is 0 Å². The minimum absolute atomic E-state index is 0.117. The third kappa shape index (κ3) is 6.23. The van der Waals surface area contributed by atoms with Gasteiger partial charge < -0.3 is 9.47 Å². The summed E-state index contributed by atoms with van der Waals surface area (Å²) in [7, 11) is -2.27. The van der Waals surface area contributed by atoms with E-state index in [0.717, 1.165) is 17.6 Å². The van der Waals surface area contributed by atoms with Crippen molar-refractivity contribution in [2.75, 3.05) is 20.0 Å². The van der Waals surface area contributed by atoms with Crippen LogP contribution >= 0.6 is 0 Å². The van der Waals surface area contributed by atoms with Gasteiger partial charge in [0.1, 0.15) is 5.75 Å². The van der Waals surface area contributed by atoms with E-state index in [4.69, 9.17) is 13.7 Å². The monoisotopic (exact) mass is 390 g/mol. The maximum absolute atomic E-state index is 12.3. The molecule has 0 N–H and O–H groups in total. The fourth-order valence-electron chi connectivity index (χ4n) is 2.41. The summed E-state index contributed by atoms with van der Waals surface area (Å²) in [5.74, 6) is -0.00954. The zero-order valence-electron chi connectivity index (χ0n) is 15.4. The molecule has 0 saturated carbocycles. The lowest BCUT2D eigenvalue weighted by Gasteiger charge is -2.17. The second-order valence-corrected chi connectivity index (χ2v) is 7.27. The zero-order chi connectivity index (χ0) is 19.9. The van der Waals surface area contributed by atoms with Gasteiger partial charge in [-0.15, -0.1) is 0 Å². The molecule has 0 aliphatic carbocycles. The Balaban J connectivity index is 2.37. The minimum atomic E-state index is -3.87. The Bertz CT molecular complexity index is 900. The molecule has 6 nitrogen and oxygen atoms in total. The number of hydrogen-bond donors (Lipinski definition) is 0. The van der Waals surface area contributed by atoms with Gasteiger partial charge in [0.2, 0.25) is 0 Å². The molecule has 0 spiro atoms. The van der Waals surface area contributed by atoms with Crippen LogP contribution in [0.3, 0.4) is 0 Å². The van der Waals surface area contributed by atoms with Crippen molar-refractivity contribution in [1.82, 2.24) is 0 Å². The lowest BCUT2D eigenvalue weighted by Crippen LogP contribution is -2.22. The Morgan fingerprint density at radius 1 is 1.07 bits per heavy atom. The van der Waals surface area contributed by atoms with Crippen LogP contribution in [-0.2, 0) is 23.8 Å². The Hall–Kier alpha value is -2.64. The van der Waals surface area contributed by atoms with E-state index < -0.39 is 22.2 Å². The number of carbonyl (C=O) groups excluding carboxylic acids is 1. The van der Waals surface area contributed by atoms with E-state index in [1.54, 1.807) is 44.4 Å². The molecule has 0 bridgehead atoms. The highest BCUT2D eigenvalue weighted by molar-refractivity contribution is 7.86. The van der Waals surface area contributed by atoms with Gasteiger partial charge in [0.15, 0.2) is 6.10 Å². The molecular weight excluding hydrogens is 368 g/mol. The summed E-state index contributed by atoms with van der Waals surface area (Å²) in [5.41, 5.74) is 1.98. The second kappa shape index (κ2) is 9.34. The van der Waals surface area contributed by atoms with Gasteiger partial charge in [0.05, 0.1) is 20.0 Å². The highest BCUT2D eigenvalue weighted by Gasteiger charge is 2.28. The van der Waals surface area contributed by atoms with Gasteiger partial charge >= 0.3 is 5.97 Å². The Morgan fingerprint density at radius 2 is 1.74 bits per heavy atom. The van der Waals surface area contributed by atoms with Gasteiger partial charge in [0, 0.05) is 5.56 Å². The van der Waals surface area contributed by atoms with Crippen molar-refractivity contribution in [2.24, 2.45) is 0 Å². The zero-order valence-corrected chi connectivity index (χ0v) is 16.2. The Kier molecular flexibility index (Phi) is 7.15. The number of benzene rings is 2. The molecule has 0 heterocycles. The van der Waals surface area contributed by atoms with Gasteiger partial charge in [0.25, 0.3) is 10.1 Å². The molecule has 0 radical (unpaired) electrons. The highest BCUT2D eigenvalue weighted by atomic mass is 32.2. The molecule has 0 saturated heterocycles. The van der Waals surface area contributed by atoms with Gasteiger partial charge in [-0.2, -0.15) is 8.42 Å². The maximum Gasteiger partial charge on any atom is 0.341 e. The lowest BCUT2D eigenvalue weighted by molar-refractivity contribution is -0.151. The topological polar surface area (TPSA) is 78.9 Å². The fourth-order valence-corrected chi connectivity index (χ4v) is 2.95. The number of carbonyl (C=O) groups is 1. The summed E-state index contributed by atoms with van der Waals surface area (Å²) in [6.45, 7) is 1.76. The molecule has 27 heavy (non-hydrogen) atoms. The van der Waals surface area contributed by atoms with Crippen LogP contribution in [0.1, 0.15) is 29.7 Å². The average Bonchev–Trinajstić information content (AvgIpc) is 2.64. The minimum Gasteiger partial charge on any atom is -0.497 e. The summed E-state index contributed by atoms with van der Waals surface area (Å²) in [6.07, 6.45) is 3.17. The van der Waals surface area contributed by atoms with Crippen molar-refractivity contribution < 1.29 is 26.9 Å². The van der Waals surface area contributed by atoms with Crippen LogP contribution in [0.25, 0.3) is 12.2 Å². The fraction of sp³-hybridized carbons (Fsp3) is 0.250. The molecule has 0 aromatic heterocycles. The predicted molar refractivity (Wildman–Crippen MR) is 104 cm³/mol. The SMILES string of the molecule is CCOC(=O)C(OS(C)(=O)=O)c1ccccc1/C=C\c1ccc(OC)cc1. The molecule has 0 amide bonds. The van der Waals surface area contributed by atoms with E-state index >= 15 is 0 Å². The quantitative estimate of drug-likeness (QED) is 0.390. The number of methoxy groups -OCH3 is 1. The predicted octanol–water partition coefficient (Wildman–Crippen LogP) is 3.45. The molecule has 7 heteroatoms. The summed E-state index contributed by atoms with van der Waals surface area (Å²) >= 11 is 0. The van der Waals surface area contributed by atoms with Gasteiger partial charge in [-0.3, -0.25) is 4.18 Å². The van der Waals surface area contributed by atoms with E-state index in [1.165, 1.54) is 0 Å². The van der Waals surface area contributed by atoms with Crippen LogP contribution in [0, 0.1) is 0 Å². The van der Waals surface area contributed by atoms with Crippen molar-refractivity contribution in [1.29, 1.82) is 0 Å². The molecule has 0 aliphatic heterocycles. The molecule has 1 unspecified atom stereocenters. The second-order valence-electron chi connectivity index (χ2n) is 5.67. The van der Waals surface area contributed by atoms with E-state index in [0.29, 0.717) is 11.1 Å². The van der Waals surface area contributed by atoms with Crippen LogP contribution in [0.15, 0.2) is 48.5 Å². The van der Waals surface area contributed by atoms with E-state index in [2.05, 4.69) is 0 Å². The third-order valence-corrected chi connectivity index (χ3v) is 4.16. The average molecular weight is 390 g/mol. The van der Waals surface area contributed by atoms with Gasteiger partial charge in [-0.05, 0) is 30.2 Å². The van der Waals surface area contributed by atoms with Crippen molar-refractivity contribution in [3.05, 3.63) is 65.2 Å². The molecule has 2 rings (SSSR count).